The third-order valence-corrected chi connectivity index (χ3v) is 6.78. The molecule has 0 bridgehead atoms. The number of aryl methyl sites for hydroxylation is 1. The van der Waals surface area contributed by atoms with Crippen molar-refractivity contribution in [1.82, 2.24) is 14.4 Å². The molecular formula is C22H22FN3OS. The van der Waals surface area contributed by atoms with Crippen LogP contribution in [0.3, 0.4) is 0 Å². The van der Waals surface area contributed by atoms with Gasteiger partial charge in [0, 0.05) is 42.1 Å². The number of hydrogen-bond donors (Lipinski definition) is 0. The van der Waals surface area contributed by atoms with Gasteiger partial charge in [-0.3, -0.25) is 9.69 Å². The highest BCUT2D eigenvalue weighted by molar-refractivity contribution is 7.11. The van der Waals surface area contributed by atoms with Gasteiger partial charge in [-0.05, 0) is 48.9 Å². The van der Waals surface area contributed by atoms with E-state index in [2.05, 4.69) is 28.5 Å². The molecule has 28 heavy (non-hydrogen) atoms. The molecule has 1 amide bonds. The number of benzene rings is 1. The van der Waals surface area contributed by atoms with Crippen LogP contribution in [0.1, 0.15) is 31.8 Å². The highest BCUT2D eigenvalue weighted by Crippen LogP contribution is 2.35. The SMILES string of the molecule is Cc1ccc(CN2CC3C(C2)n2cccc2C(=O)N3Cc2ccc(F)cc2)s1. The van der Waals surface area contributed by atoms with Gasteiger partial charge in [-0.15, -0.1) is 11.3 Å². The van der Waals surface area contributed by atoms with Gasteiger partial charge >= 0.3 is 0 Å². The van der Waals surface area contributed by atoms with Gasteiger partial charge in [0.1, 0.15) is 11.5 Å². The molecule has 1 fully saturated rings. The maximum atomic E-state index is 13.3. The zero-order valence-electron chi connectivity index (χ0n) is 15.7. The lowest BCUT2D eigenvalue weighted by molar-refractivity contribution is 0.0556. The molecule has 4 nitrogen and oxygen atoms in total. The van der Waals surface area contributed by atoms with Crippen LogP contribution >= 0.6 is 11.3 Å². The highest BCUT2D eigenvalue weighted by atomic mass is 32.1. The Kier molecular flexibility index (Phi) is 4.33. The van der Waals surface area contributed by atoms with Gasteiger partial charge in [0.25, 0.3) is 5.91 Å². The van der Waals surface area contributed by atoms with Crippen molar-refractivity contribution in [3.63, 3.8) is 0 Å². The van der Waals surface area contributed by atoms with Crippen molar-refractivity contribution in [3.05, 3.63) is 81.6 Å². The Bertz CT molecular complexity index is 1010. The number of carbonyl (C=O) groups excluding carboxylic acids is 1. The van der Waals surface area contributed by atoms with Crippen LogP contribution in [0.2, 0.25) is 0 Å². The van der Waals surface area contributed by atoms with E-state index in [1.54, 1.807) is 12.1 Å². The van der Waals surface area contributed by atoms with Crippen molar-refractivity contribution in [2.45, 2.75) is 32.1 Å². The second kappa shape index (κ2) is 6.87. The number of nitrogens with zero attached hydrogens (tertiary/aromatic N) is 3. The summed E-state index contributed by atoms with van der Waals surface area (Å²) in [5.74, 6) is -0.192. The van der Waals surface area contributed by atoms with Gasteiger partial charge in [0.05, 0.1) is 12.1 Å². The first-order chi connectivity index (χ1) is 13.6. The van der Waals surface area contributed by atoms with E-state index in [9.17, 15) is 9.18 Å². The average molecular weight is 396 g/mol. The number of rotatable bonds is 4. The molecule has 2 aliphatic rings. The minimum absolute atomic E-state index is 0.0596. The van der Waals surface area contributed by atoms with E-state index in [0.29, 0.717) is 6.54 Å². The number of halogens is 1. The Morgan fingerprint density at radius 2 is 1.82 bits per heavy atom. The topological polar surface area (TPSA) is 28.5 Å². The van der Waals surface area contributed by atoms with Crippen molar-refractivity contribution in [3.8, 4) is 0 Å². The van der Waals surface area contributed by atoms with Crippen LogP contribution < -0.4 is 0 Å². The van der Waals surface area contributed by atoms with E-state index in [0.717, 1.165) is 30.9 Å². The number of aromatic nitrogens is 1. The van der Waals surface area contributed by atoms with Crippen LogP contribution in [-0.2, 0) is 13.1 Å². The molecule has 0 radical (unpaired) electrons. The van der Waals surface area contributed by atoms with Crippen molar-refractivity contribution in [2.24, 2.45) is 0 Å². The van der Waals surface area contributed by atoms with Crippen LogP contribution in [-0.4, -0.2) is 39.4 Å². The molecule has 1 aromatic carbocycles. The zero-order chi connectivity index (χ0) is 19.3. The standard InChI is InChI=1S/C22H22FN3OS/c1-15-4-9-18(28-15)12-24-13-20-21(14-24)26(11-16-5-7-17(23)8-6-16)22(27)19-3-2-10-25(19)20/h2-10,20-21H,11-14H2,1H3. The van der Waals surface area contributed by atoms with Gasteiger partial charge in [-0.25, -0.2) is 4.39 Å². The van der Waals surface area contributed by atoms with Crippen LogP contribution in [0.15, 0.2) is 54.7 Å². The lowest BCUT2D eigenvalue weighted by atomic mass is 10.0. The lowest BCUT2D eigenvalue weighted by Crippen LogP contribution is -2.49. The molecule has 144 valence electrons. The second-order valence-electron chi connectivity index (χ2n) is 7.70. The number of hydrogen-bond acceptors (Lipinski definition) is 3. The number of carbonyl (C=O) groups is 1. The van der Waals surface area contributed by atoms with Crippen molar-refractivity contribution >= 4 is 17.2 Å². The first-order valence-corrected chi connectivity index (χ1v) is 10.4. The molecule has 3 aromatic rings. The summed E-state index contributed by atoms with van der Waals surface area (Å²) in [7, 11) is 0. The average Bonchev–Trinajstić information content (AvgIpc) is 3.40. The molecule has 0 aliphatic carbocycles. The molecule has 5 rings (SSSR count). The largest absolute Gasteiger partial charge is 0.337 e. The molecule has 6 heteroatoms. The monoisotopic (exact) mass is 395 g/mol. The second-order valence-corrected chi connectivity index (χ2v) is 9.07. The van der Waals surface area contributed by atoms with Gasteiger partial charge < -0.3 is 9.47 Å². The third kappa shape index (κ3) is 3.06. The van der Waals surface area contributed by atoms with Crippen molar-refractivity contribution in [2.75, 3.05) is 13.1 Å². The smallest absolute Gasteiger partial charge is 0.271 e. The van der Waals surface area contributed by atoms with Crippen molar-refractivity contribution < 1.29 is 9.18 Å². The molecule has 2 atom stereocenters. The summed E-state index contributed by atoms with van der Waals surface area (Å²) >= 11 is 1.84. The van der Waals surface area contributed by atoms with E-state index < -0.39 is 0 Å². The highest BCUT2D eigenvalue weighted by Gasteiger charge is 2.44. The molecule has 0 spiro atoms. The van der Waals surface area contributed by atoms with Gasteiger partial charge in [-0.1, -0.05) is 12.1 Å². The van der Waals surface area contributed by atoms with Crippen molar-refractivity contribution in [1.29, 1.82) is 0 Å². The number of amides is 1. The fourth-order valence-corrected chi connectivity index (χ4v) is 5.42. The Hall–Kier alpha value is -2.44. The molecule has 2 unspecified atom stereocenters. The Morgan fingerprint density at radius 3 is 2.57 bits per heavy atom. The first-order valence-electron chi connectivity index (χ1n) is 9.58. The third-order valence-electron chi connectivity index (χ3n) is 5.79. The predicted molar refractivity (Wildman–Crippen MR) is 108 cm³/mol. The predicted octanol–water partition coefficient (Wildman–Crippen LogP) is 4.08. The van der Waals surface area contributed by atoms with Crippen LogP contribution in [0.25, 0.3) is 0 Å². The minimum Gasteiger partial charge on any atom is -0.337 e. The molecule has 2 aromatic heterocycles. The summed E-state index contributed by atoms with van der Waals surface area (Å²) in [4.78, 5) is 20.3. The Balaban J connectivity index is 1.43. The van der Waals surface area contributed by atoms with Gasteiger partial charge in [-0.2, -0.15) is 0 Å². The summed E-state index contributed by atoms with van der Waals surface area (Å²) in [6, 6.07) is 15.1. The molecule has 1 saturated heterocycles. The first kappa shape index (κ1) is 17.6. The Morgan fingerprint density at radius 1 is 1.04 bits per heavy atom. The zero-order valence-corrected chi connectivity index (χ0v) is 16.5. The van der Waals surface area contributed by atoms with E-state index in [1.165, 1.54) is 21.9 Å². The van der Waals surface area contributed by atoms with E-state index in [-0.39, 0.29) is 23.8 Å². The maximum Gasteiger partial charge on any atom is 0.271 e. The summed E-state index contributed by atoms with van der Waals surface area (Å²) in [5, 5.41) is 0. The number of likely N-dealkylation sites (tertiary alicyclic amines) is 1. The number of thiophene rings is 1. The van der Waals surface area contributed by atoms with Crippen LogP contribution in [0.4, 0.5) is 4.39 Å². The summed E-state index contributed by atoms with van der Waals surface area (Å²) in [6.07, 6.45) is 2.03. The summed E-state index contributed by atoms with van der Waals surface area (Å²) in [5.41, 5.74) is 1.71. The van der Waals surface area contributed by atoms with Gasteiger partial charge in [0.15, 0.2) is 0 Å². The molecule has 4 heterocycles. The normalized spacial score (nSPS) is 21.8. The molecule has 0 N–H and O–H groups in total. The lowest BCUT2D eigenvalue weighted by Gasteiger charge is -2.38. The van der Waals surface area contributed by atoms with E-state index in [1.807, 2.05) is 34.6 Å². The summed E-state index contributed by atoms with van der Waals surface area (Å²) < 4.78 is 15.4. The van der Waals surface area contributed by atoms with Gasteiger partial charge in [0.2, 0.25) is 0 Å². The maximum absolute atomic E-state index is 13.3. The molecule has 2 aliphatic heterocycles. The van der Waals surface area contributed by atoms with Crippen LogP contribution in [0, 0.1) is 12.7 Å². The summed E-state index contributed by atoms with van der Waals surface area (Å²) in [6.45, 7) is 5.34. The molecule has 0 saturated carbocycles. The number of fused-ring (bicyclic) bond motifs is 3. The minimum atomic E-state index is -0.251. The molecular weight excluding hydrogens is 373 g/mol. The van der Waals surface area contributed by atoms with E-state index in [4.69, 9.17) is 0 Å². The quantitative estimate of drug-likeness (QED) is 0.666. The Labute approximate surface area is 167 Å². The van der Waals surface area contributed by atoms with Crippen LogP contribution in [0.5, 0.6) is 0 Å². The van der Waals surface area contributed by atoms with E-state index >= 15 is 0 Å². The fourth-order valence-electron chi connectivity index (χ4n) is 4.48. The fraction of sp³-hybridized carbons (Fsp3) is 0.318.